The number of anilines is 1. The van der Waals surface area contributed by atoms with E-state index in [0.717, 1.165) is 23.0 Å². The van der Waals surface area contributed by atoms with Gasteiger partial charge in [0.2, 0.25) is 0 Å². The summed E-state index contributed by atoms with van der Waals surface area (Å²) in [6.07, 6.45) is 0.859. The fourth-order valence-corrected chi connectivity index (χ4v) is 3.92. The van der Waals surface area contributed by atoms with Crippen LogP contribution < -0.4 is 15.0 Å². The molecule has 2 aromatic rings. The van der Waals surface area contributed by atoms with Crippen molar-refractivity contribution in [3.05, 3.63) is 59.7 Å². The van der Waals surface area contributed by atoms with Crippen molar-refractivity contribution in [2.24, 2.45) is 0 Å². The Kier molecular flexibility index (Phi) is 2.91. The molecule has 0 amide bonds. The SMILES string of the molecule is Cc1cccc(N2C(=S)NC3CC2(C)Oc2ccccc23)c1. The predicted octanol–water partition coefficient (Wildman–Crippen LogP) is 3.93. The van der Waals surface area contributed by atoms with E-state index in [1.165, 1.54) is 11.1 Å². The van der Waals surface area contributed by atoms with E-state index in [1.54, 1.807) is 0 Å². The van der Waals surface area contributed by atoms with Crippen molar-refractivity contribution >= 4 is 23.0 Å². The Hall–Kier alpha value is -2.07. The van der Waals surface area contributed by atoms with Crippen molar-refractivity contribution in [3.63, 3.8) is 0 Å². The van der Waals surface area contributed by atoms with Crippen LogP contribution in [0.25, 0.3) is 0 Å². The molecule has 22 heavy (non-hydrogen) atoms. The summed E-state index contributed by atoms with van der Waals surface area (Å²) >= 11 is 5.64. The molecule has 0 saturated carbocycles. The average Bonchev–Trinajstić information content (AvgIpc) is 2.46. The summed E-state index contributed by atoms with van der Waals surface area (Å²) in [6, 6.07) is 16.8. The summed E-state index contributed by atoms with van der Waals surface area (Å²) in [5.74, 6) is 0.939. The lowest BCUT2D eigenvalue weighted by molar-refractivity contribution is 0.0498. The highest BCUT2D eigenvalue weighted by Crippen LogP contribution is 2.45. The van der Waals surface area contributed by atoms with Crippen molar-refractivity contribution in [3.8, 4) is 5.75 Å². The van der Waals surface area contributed by atoms with Crippen LogP contribution in [0, 0.1) is 6.92 Å². The largest absolute Gasteiger partial charge is 0.467 e. The standard InChI is InChI=1S/C18H18N2OS/c1-12-6-5-7-13(10-12)20-17(22)19-15-11-18(20,2)21-16-9-4-3-8-14(15)16/h3-10,15H,11H2,1-2H3,(H,19,22). The molecule has 0 aromatic heterocycles. The maximum Gasteiger partial charge on any atom is 0.188 e. The minimum Gasteiger partial charge on any atom is -0.467 e. The highest BCUT2D eigenvalue weighted by molar-refractivity contribution is 7.80. The number of nitrogens with one attached hydrogen (secondary N) is 1. The van der Waals surface area contributed by atoms with Crippen LogP contribution in [0.4, 0.5) is 5.69 Å². The molecule has 0 spiro atoms. The molecule has 4 heteroatoms. The van der Waals surface area contributed by atoms with E-state index < -0.39 is 5.72 Å². The van der Waals surface area contributed by atoms with Gasteiger partial charge in [-0.15, -0.1) is 0 Å². The van der Waals surface area contributed by atoms with Crippen LogP contribution in [-0.4, -0.2) is 10.8 Å². The van der Waals surface area contributed by atoms with Gasteiger partial charge in [-0.25, -0.2) is 0 Å². The summed E-state index contributed by atoms with van der Waals surface area (Å²) < 4.78 is 6.37. The molecule has 4 rings (SSSR count). The lowest BCUT2D eigenvalue weighted by Gasteiger charge is -2.52. The zero-order chi connectivity index (χ0) is 15.3. The zero-order valence-corrected chi connectivity index (χ0v) is 13.5. The maximum atomic E-state index is 6.37. The van der Waals surface area contributed by atoms with Crippen LogP contribution in [0.1, 0.15) is 30.5 Å². The van der Waals surface area contributed by atoms with Crippen molar-refractivity contribution in [1.29, 1.82) is 0 Å². The first-order valence-electron chi connectivity index (χ1n) is 7.52. The molecule has 0 aliphatic carbocycles. The first kappa shape index (κ1) is 13.6. The molecule has 1 saturated heterocycles. The summed E-state index contributed by atoms with van der Waals surface area (Å²) in [4.78, 5) is 2.10. The molecular weight excluding hydrogens is 292 g/mol. The van der Waals surface area contributed by atoms with Gasteiger partial charge in [0.15, 0.2) is 10.8 Å². The molecule has 2 atom stereocenters. The number of thiocarbonyl (C=S) groups is 1. The van der Waals surface area contributed by atoms with Crippen LogP contribution in [0.5, 0.6) is 5.75 Å². The molecule has 2 aliphatic rings. The van der Waals surface area contributed by atoms with E-state index in [0.29, 0.717) is 0 Å². The van der Waals surface area contributed by atoms with Gasteiger partial charge in [-0.05, 0) is 49.8 Å². The molecule has 2 heterocycles. The Morgan fingerprint density at radius 2 is 2.05 bits per heavy atom. The molecule has 3 nitrogen and oxygen atoms in total. The molecule has 2 aromatic carbocycles. The van der Waals surface area contributed by atoms with Gasteiger partial charge >= 0.3 is 0 Å². The van der Waals surface area contributed by atoms with Gasteiger partial charge in [0.1, 0.15) is 5.75 Å². The average molecular weight is 310 g/mol. The van der Waals surface area contributed by atoms with E-state index in [9.17, 15) is 0 Å². The van der Waals surface area contributed by atoms with Crippen molar-refractivity contribution in [2.45, 2.75) is 32.0 Å². The minimum absolute atomic E-state index is 0.212. The Morgan fingerprint density at radius 3 is 2.86 bits per heavy atom. The van der Waals surface area contributed by atoms with Crippen molar-refractivity contribution in [1.82, 2.24) is 5.32 Å². The minimum atomic E-state index is -0.463. The topological polar surface area (TPSA) is 24.5 Å². The number of ether oxygens (including phenoxy) is 1. The second-order valence-corrected chi connectivity index (χ2v) is 6.58. The van der Waals surface area contributed by atoms with Crippen LogP contribution in [0.3, 0.4) is 0 Å². The van der Waals surface area contributed by atoms with Gasteiger partial charge in [0, 0.05) is 17.7 Å². The maximum absolute atomic E-state index is 6.37. The number of benzene rings is 2. The molecular formula is C18H18N2OS. The lowest BCUT2D eigenvalue weighted by atomic mass is 9.90. The third-order valence-electron chi connectivity index (χ3n) is 4.44. The van der Waals surface area contributed by atoms with Gasteiger partial charge < -0.3 is 10.1 Å². The third kappa shape index (κ3) is 1.98. The van der Waals surface area contributed by atoms with Crippen LogP contribution in [-0.2, 0) is 0 Å². The highest BCUT2D eigenvalue weighted by atomic mass is 32.1. The Bertz CT molecular complexity index is 760. The molecule has 2 aliphatic heterocycles. The van der Waals surface area contributed by atoms with E-state index in [2.05, 4.69) is 54.4 Å². The van der Waals surface area contributed by atoms with E-state index in [-0.39, 0.29) is 6.04 Å². The summed E-state index contributed by atoms with van der Waals surface area (Å²) in [5, 5.41) is 4.20. The molecule has 0 radical (unpaired) electrons. The smallest absolute Gasteiger partial charge is 0.188 e. The fourth-order valence-electron chi connectivity index (χ4n) is 3.48. The third-order valence-corrected chi connectivity index (χ3v) is 4.74. The van der Waals surface area contributed by atoms with E-state index in [1.807, 2.05) is 18.2 Å². The zero-order valence-electron chi connectivity index (χ0n) is 12.7. The molecule has 1 N–H and O–H groups in total. The Morgan fingerprint density at radius 1 is 1.23 bits per heavy atom. The monoisotopic (exact) mass is 310 g/mol. The number of hydrogen-bond acceptors (Lipinski definition) is 2. The molecule has 112 valence electrons. The van der Waals surface area contributed by atoms with Crippen LogP contribution in [0.2, 0.25) is 0 Å². The number of nitrogens with zero attached hydrogens (tertiary/aromatic N) is 1. The first-order valence-corrected chi connectivity index (χ1v) is 7.93. The quantitative estimate of drug-likeness (QED) is 0.807. The predicted molar refractivity (Wildman–Crippen MR) is 92.2 cm³/mol. The Balaban J connectivity index is 1.82. The van der Waals surface area contributed by atoms with Gasteiger partial charge in [0.05, 0.1) is 6.04 Å². The second kappa shape index (κ2) is 4.71. The van der Waals surface area contributed by atoms with E-state index in [4.69, 9.17) is 17.0 Å². The van der Waals surface area contributed by atoms with Gasteiger partial charge in [0.25, 0.3) is 0 Å². The molecule has 2 bridgehead atoms. The summed E-state index contributed by atoms with van der Waals surface area (Å²) in [7, 11) is 0. The fraction of sp³-hybridized carbons (Fsp3) is 0.278. The molecule has 2 unspecified atom stereocenters. The number of hydrogen-bond donors (Lipinski definition) is 1. The number of fused-ring (bicyclic) bond motifs is 4. The Labute approximate surface area is 135 Å². The van der Waals surface area contributed by atoms with Gasteiger partial charge in [-0.3, -0.25) is 4.90 Å². The van der Waals surface area contributed by atoms with Crippen molar-refractivity contribution in [2.75, 3.05) is 4.90 Å². The first-order chi connectivity index (χ1) is 10.6. The van der Waals surface area contributed by atoms with Crippen LogP contribution in [0.15, 0.2) is 48.5 Å². The highest BCUT2D eigenvalue weighted by Gasteiger charge is 2.48. The number of para-hydroxylation sites is 1. The van der Waals surface area contributed by atoms with E-state index >= 15 is 0 Å². The second-order valence-electron chi connectivity index (χ2n) is 6.20. The van der Waals surface area contributed by atoms with Gasteiger partial charge in [-0.1, -0.05) is 30.3 Å². The lowest BCUT2D eigenvalue weighted by Crippen LogP contribution is -2.65. The van der Waals surface area contributed by atoms with Crippen LogP contribution >= 0.6 is 12.2 Å². The summed E-state index contributed by atoms with van der Waals surface area (Å²) in [6.45, 7) is 4.21. The molecule has 1 fully saturated rings. The van der Waals surface area contributed by atoms with Crippen molar-refractivity contribution < 1.29 is 4.74 Å². The number of rotatable bonds is 1. The normalized spacial score (nSPS) is 26.0. The number of aryl methyl sites for hydroxylation is 1. The summed E-state index contributed by atoms with van der Waals surface area (Å²) in [5.41, 5.74) is 3.00. The van der Waals surface area contributed by atoms with Gasteiger partial charge in [-0.2, -0.15) is 0 Å².